The van der Waals surface area contributed by atoms with Crippen LogP contribution in [0.1, 0.15) is 17.5 Å². The molecule has 18 heavy (non-hydrogen) atoms. The Morgan fingerprint density at radius 1 is 1.39 bits per heavy atom. The molecule has 0 aliphatic rings. The Morgan fingerprint density at radius 3 is 2.67 bits per heavy atom. The van der Waals surface area contributed by atoms with E-state index in [1.165, 1.54) is 0 Å². The number of hydrogen-bond acceptors (Lipinski definition) is 3. The first kappa shape index (κ1) is 14.2. The SMILES string of the molecule is Cc1cccc(CCC(=O)N[C@@H](CO)C(=O)O)c1. The Labute approximate surface area is 105 Å². The predicted molar refractivity (Wildman–Crippen MR) is 66.2 cm³/mol. The minimum absolute atomic E-state index is 0.202. The second-order valence-corrected chi connectivity index (χ2v) is 4.13. The van der Waals surface area contributed by atoms with Gasteiger partial charge in [0.25, 0.3) is 0 Å². The van der Waals surface area contributed by atoms with E-state index in [-0.39, 0.29) is 12.3 Å². The summed E-state index contributed by atoms with van der Waals surface area (Å²) in [6.45, 7) is 1.36. The highest BCUT2D eigenvalue weighted by atomic mass is 16.4. The average Bonchev–Trinajstić information content (AvgIpc) is 2.33. The summed E-state index contributed by atoms with van der Waals surface area (Å²) in [6.07, 6.45) is 0.749. The molecule has 1 atom stereocenters. The normalized spacial score (nSPS) is 11.9. The summed E-state index contributed by atoms with van der Waals surface area (Å²) >= 11 is 0. The Balaban J connectivity index is 2.44. The van der Waals surface area contributed by atoms with E-state index < -0.39 is 18.6 Å². The number of aliphatic hydroxyl groups excluding tert-OH is 1. The van der Waals surface area contributed by atoms with Crippen molar-refractivity contribution in [3.05, 3.63) is 35.4 Å². The highest BCUT2D eigenvalue weighted by Crippen LogP contribution is 2.06. The summed E-state index contributed by atoms with van der Waals surface area (Å²) in [5.74, 6) is -1.61. The minimum atomic E-state index is -1.23. The van der Waals surface area contributed by atoms with Crippen molar-refractivity contribution < 1.29 is 19.8 Å². The van der Waals surface area contributed by atoms with Crippen LogP contribution in [0.4, 0.5) is 0 Å². The monoisotopic (exact) mass is 251 g/mol. The molecule has 0 aromatic heterocycles. The molecule has 0 spiro atoms. The Morgan fingerprint density at radius 2 is 2.11 bits per heavy atom. The van der Waals surface area contributed by atoms with Crippen molar-refractivity contribution >= 4 is 11.9 Å². The number of carbonyl (C=O) groups is 2. The van der Waals surface area contributed by atoms with E-state index >= 15 is 0 Å². The zero-order valence-electron chi connectivity index (χ0n) is 10.2. The predicted octanol–water partition coefficient (Wildman–Crippen LogP) is 0.489. The molecule has 0 heterocycles. The number of rotatable bonds is 6. The van der Waals surface area contributed by atoms with Gasteiger partial charge in [0.1, 0.15) is 6.04 Å². The first-order valence-electron chi connectivity index (χ1n) is 5.71. The van der Waals surface area contributed by atoms with Gasteiger partial charge in [0.15, 0.2) is 0 Å². The fourth-order valence-electron chi connectivity index (χ4n) is 1.58. The number of nitrogens with one attached hydrogen (secondary N) is 1. The molecule has 1 aromatic rings. The first-order valence-corrected chi connectivity index (χ1v) is 5.71. The van der Waals surface area contributed by atoms with Gasteiger partial charge in [0.05, 0.1) is 6.61 Å². The molecule has 1 rings (SSSR count). The van der Waals surface area contributed by atoms with Crippen LogP contribution in [0.3, 0.4) is 0 Å². The topological polar surface area (TPSA) is 86.6 Å². The number of carboxylic acids is 1. The van der Waals surface area contributed by atoms with E-state index in [0.717, 1.165) is 11.1 Å². The molecular formula is C13H17NO4. The van der Waals surface area contributed by atoms with E-state index in [9.17, 15) is 9.59 Å². The van der Waals surface area contributed by atoms with E-state index in [2.05, 4.69) is 5.32 Å². The number of aliphatic hydroxyl groups is 1. The second kappa shape index (κ2) is 6.76. The van der Waals surface area contributed by atoms with Crippen LogP contribution >= 0.6 is 0 Å². The van der Waals surface area contributed by atoms with E-state index in [1.807, 2.05) is 31.2 Å². The maximum Gasteiger partial charge on any atom is 0.328 e. The summed E-state index contributed by atoms with van der Waals surface area (Å²) in [5.41, 5.74) is 2.15. The molecule has 0 aliphatic heterocycles. The molecule has 1 amide bonds. The van der Waals surface area contributed by atoms with Crippen molar-refractivity contribution in [1.29, 1.82) is 0 Å². The third-order valence-corrected chi connectivity index (χ3v) is 2.54. The maximum atomic E-state index is 11.5. The Bertz CT molecular complexity index is 431. The molecule has 0 bridgehead atoms. The van der Waals surface area contributed by atoms with Crippen molar-refractivity contribution in [2.45, 2.75) is 25.8 Å². The van der Waals surface area contributed by atoms with Crippen molar-refractivity contribution in [3.8, 4) is 0 Å². The number of hydrogen-bond donors (Lipinski definition) is 3. The Hall–Kier alpha value is -1.88. The zero-order valence-corrected chi connectivity index (χ0v) is 10.2. The summed E-state index contributed by atoms with van der Waals surface area (Å²) in [6, 6.07) is 6.55. The van der Waals surface area contributed by atoms with Crippen molar-refractivity contribution in [1.82, 2.24) is 5.32 Å². The van der Waals surface area contributed by atoms with E-state index in [1.54, 1.807) is 0 Å². The molecule has 1 aromatic carbocycles. The average molecular weight is 251 g/mol. The molecule has 3 N–H and O–H groups in total. The number of carbonyl (C=O) groups excluding carboxylic acids is 1. The molecule has 98 valence electrons. The summed E-state index contributed by atoms with van der Waals surface area (Å²) in [4.78, 5) is 22.1. The van der Waals surface area contributed by atoms with Gasteiger partial charge in [-0.05, 0) is 18.9 Å². The lowest BCUT2D eigenvalue weighted by molar-refractivity contribution is -0.142. The smallest absolute Gasteiger partial charge is 0.328 e. The van der Waals surface area contributed by atoms with Crippen LogP contribution in [0.25, 0.3) is 0 Å². The van der Waals surface area contributed by atoms with Gasteiger partial charge in [-0.3, -0.25) is 4.79 Å². The highest BCUT2D eigenvalue weighted by molar-refractivity contribution is 5.83. The van der Waals surface area contributed by atoms with E-state index in [0.29, 0.717) is 6.42 Å². The van der Waals surface area contributed by atoms with Crippen LogP contribution in [0, 0.1) is 6.92 Å². The fraction of sp³-hybridized carbons (Fsp3) is 0.385. The van der Waals surface area contributed by atoms with Gasteiger partial charge >= 0.3 is 5.97 Å². The van der Waals surface area contributed by atoms with Crippen LogP contribution in [0.15, 0.2) is 24.3 Å². The third-order valence-electron chi connectivity index (χ3n) is 2.54. The van der Waals surface area contributed by atoms with Crippen LogP contribution in [0.5, 0.6) is 0 Å². The van der Waals surface area contributed by atoms with Gasteiger partial charge in [0.2, 0.25) is 5.91 Å². The lowest BCUT2D eigenvalue weighted by Gasteiger charge is -2.11. The number of benzene rings is 1. The van der Waals surface area contributed by atoms with Crippen LogP contribution in [-0.4, -0.2) is 34.7 Å². The standard InChI is InChI=1S/C13H17NO4/c1-9-3-2-4-10(7-9)5-6-12(16)14-11(8-15)13(17)18/h2-4,7,11,15H,5-6,8H2,1H3,(H,14,16)(H,17,18)/t11-/m0/s1. The van der Waals surface area contributed by atoms with Gasteiger partial charge in [-0.2, -0.15) is 0 Å². The van der Waals surface area contributed by atoms with Crippen molar-refractivity contribution in [2.75, 3.05) is 6.61 Å². The fourth-order valence-corrected chi connectivity index (χ4v) is 1.58. The molecule has 0 radical (unpaired) electrons. The molecular weight excluding hydrogens is 234 g/mol. The largest absolute Gasteiger partial charge is 0.480 e. The maximum absolute atomic E-state index is 11.5. The molecule has 0 aliphatic carbocycles. The molecule has 0 fully saturated rings. The summed E-state index contributed by atoms with van der Waals surface area (Å²) in [5, 5.41) is 19.7. The minimum Gasteiger partial charge on any atom is -0.480 e. The molecule has 0 saturated carbocycles. The lowest BCUT2D eigenvalue weighted by Crippen LogP contribution is -2.43. The summed E-state index contributed by atoms with van der Waals surface area (Å²) < 4.78 is 0. The van der Waals surface area contributed by atoms with Crippen molar-refractivity contribution in [2.24, 2.45) is 0 Å². The van der Waals surface area contributed by atoms with Gasteiger partial charge in [-0.25, -0.2) is 4.79 Å². The lowest BCUT2D eigenvalue weighted by atomic mass is 10.1. The van der Waals surface area contributed by atoms with Gasteiger partial charge < -0.3 is 15.5 Å². The zero-order chi connectivity index (χ0) is 13.5. The quantitative estimate of drug-likeness (QED) is 0.686. The highest BCUT2D eigenvalue weighted by Gasteiger charge is 2.18. The van der Waals surface area contributed by atoms with Crippen LogP contribution in [0.2, 0.25) is 0 Å². The van der Waals surface area contributed by atoms with Gasteiger partial charge in [-0.1, -0.05) is 29.8 Å². The van der Waals surface area contributed by atoms with Crippen LogP contribution < -0.4 is 5.32 Å². The first-order chi connectivity index (χ1) is 8.52. The molecule has 0 unspecified atom stereocenters. The second-order valence-electron chi connectivity index (χ2n) is 4.13. The Kier molecular flexibility index (Phi) is 5.32. The van der Waals surface area contributed by atoms with Gasteiger partial charge in [-0.15, -0.1) is 0 Å². The molecule has 5 heteroatoms. The number of carboxylic acid groups (broad SMARTS) is 1. The van der Waals surface area contributed by atoms with E-state index in [4.69, 9.17) is 10.2 Å². The number of amides is 1. The number of aliphatic carboxylic acids is 1. The molecule has 0 saturated heterocycles. The van der Waals surface area contributed by atoms with Gasteiger partial charge in [0, 0.05) is 6.42 Å². The van der Waals surface area contributed by atoms with Crippen molar-refractivity contribution in [3.63, 3.8) is 0 Å². The third kappa shape index (κ3) is 4.55. The number of aryl methyl sites for hydroxylation is 2. The molecule has 5 nitrogen and oxygen atoms in total. The summed E-state index contributed by atoms with van der Waals surface area (Å²) in [7, 11) is 0. The van der Waals surface area contributed by atoms with Crippen LogP contribution in [-0.2, 0) is 16.0 Å².